The minimum Gasteiger partial charge on any atom is -0.307 e. The second-order valence-electron chi connectivity index (χ2n) is 16.7. The number of pyridine rings is 3. The third-order valence-electron chi connectivity index (χ3n) is 12.2. The summed E-state index contributed by atoms with van der Waals surface area (Å²) in [7, 11) is 0. The summed E-state index contributed by atoms with van der Waals surface area (Å²) < 4.78 is 0. The predicted octanol–water partition coefficient (Wildman–Crippen LogP) is 14.9. The van der Waals surface area contributed by atoms with Gasteiger partial charge < -0.3 is 15.0 Å². The number of nitriles is 1. The van der Waals surface area contributed by atoms with E-state index in [0.717, 1.165) is 87.3 Å². The van der Waals surface area contributed by atoms with Crippen molar-refractivity contribution in [1.29, 1.82) is 5.26 Å². The Morgan fingerprint density at radius 1 is 0.420 bits per heavy atom. The molecule has 0 unspecified atom stereocenters. The zero-order valence-corrected chi connectivity index (χ0v) is 39.9. The van der Waals surface area contributed by atoms with Crippen LogP contribution in [0.2, 0.25) is 0 Å². The Hall–Kier alpha value is -8.38. The van der Waals surface area contributed by atoms with E-state index in [4.69, 9.17) is 11.6 Å². The summed E-state index contributed by atoms with van der Waals surface area (Å²) >= 11 is 0. The molecule has 0 saturated carbocycles. The summed E-state index contributed by atoms with van der Waals surface area (Å²) in [5, 5.41) is 9.39. The van der Waals surface area contributed by atoms with Gasteiger partial charge in [0.2, 0.25) is 0 Å². The van der Waals surface area contributed by atoms with Crippen LogP contribution >= 0.6 is 0 Å². The van der Waals surface area contributed by atoms with Gasteiger partial charge in [0.15, 0.2) is 5.69 Å². The van der Waals surface area contributed by atoms with Crippen LogP contribution in [0.4, 0.5) is 5.69 Å². The molecule has 0 spiro atoms. The number of aromatic nitrogens is 3. The quantitative estimate of drug-likeness (QED) is 0.108. The number of aryl methyl sites for hydroxylation is 4. The summed E-state index contributed by atoms with van der Waals surface area (Å²) in [5.41, 5.74) is 20.3. The molecule has 0 radical (unpaired) electrons. The Morgan fingerprint density at radius 2 is 0.913 bits per heavy atom. The first kappa shape index (κ1) is 45.8. The van der Waals surface area contributed by atoms with Crippen molar-refractivity contribution in [2.45, 2.75) is 25.7 Å². The van der Waals surface area contributed by atoms with Crippen LogP contribution < -0.4 is 0 Å². The third-order valence-corrected chi connectivity index (χ3v) is 12.2. The van der Waals surface area contributed by atoms with Crippen molar-refractivity contribution in [3.05, 3.63) is 264 Å². The molecule has 10 rings (SSSR count). The molecule has 3 aromatic heterocycles. The van der Waals surface area contributed by atoms with Crippen LogP contribution in [0.5, 0.6) is 0 Å². The molecule has 6 heteroatoms. The van der Waals surface area contributed by atoms with Crippen molar-refractivity contribution in [2.75, 3.05) is 0 Å². The van der Waals surface area contributed by atoms with Gasteiger partial charge in [-0.1, -0.05) is 139 Å². The molecule has 10 aromatic rings. The van der Waals surface area contributed by atoms with E-state index in [0.29, 0.717) is 11.3 Å². The summed E-state index contributed by atoms with van der Waals surface area (Å²) in [6, 6.07) is 77.4. The van der Waals surface area contributed by atoms with Gasteiger partial charge in [-0.15, -0.1) is 101 Å². The molecule has 0 atom stereocenters. The predicted molar refractivity (Wildman–Crippen MR) is 273 cm³/mol. The zero-order chi connectivity index (χ0) is 46.1. The van der Waals surface area contributed by atoms with Gasteiger partial charge in [0.1, 0.15) is 0 Å². The molecule has 0 aliphatic heterocycles. The largest absolute Gasteiger partial charge is 3.00 e. The van der Waals surface area contributed by atoms with E-state index in [2.05, 4.69) is 173 Å². The van der Waals surface area contributed by atoms with E-state index < -0.39 is 0 Å². The molecular formula is C63H42IrN5. The average Bonchev–Trinajstić information content (AvgIpc) is 3.42. The molecule has 7 aromatic carbocycles. The van der Waals surface area contributed by atoms with E-state index in [9.17, 15) is 5.26 Å². The van der Waals surface area contributed by atoms with Gasteiger partial charge in [0.25, 0.3) is 0 Å². The first-order valence-electron chi connectivity index (χ1n) is 22.6. The monoisotopic (exact) mass is 1060 g/mol. The number of hydrogen-bond donors (Lipinski definition) is 0. The second kappa shape index (κ2) is 21.5. The summed E-state index contributed by atoms with van der Waals surface area (Å²) in [4.78, 5) is 17.2. The van der Waals surface area contributed by atoms with Crippen LogP contribution in [-0.4, -0.2) is 15.0 Å². The maximum absolute atomic E-state index is 9.39. The summed E-state index contributed by atoms with van der Waals surface area (Å²) in [6.45, 7) is 7.39. The van der Waals surface area contributed by atoms with Gasteiger partial charge in [-0.3, -0.25) is 0 Å². The van der Waals surface area contributed by atoms with E-state index in [1.807, 2.05) is 36.5 Å². The maximum Gasteiger partial charge on any atom is 3.00 e. The first-order chi connectivity index (χ1) is 33.5. The van der Waals surface area contributed by atoms with E-state index in [1.54, 1.807) is 36.7 Å². The average molecular weight is 1060 g/mol. The number of benzene rings is 7. The van der Waals surface area contributed by atoms with Gasteiger partial charge in [0, 0.05) is 24.2 Å². The molecule has 69 heavy (non-hydrogen) atoms. The van der Waals surface area contributed by atoms with Gasteiger partial charge in [-0.05, 0) is 92.6 Å². The third kappa shape index (κ3) is 10.9. The van der Waals surface area contributed by atoms with Gasteiger partial charge in [0.05, 0.1) is 12.6 Å². The Balaban J connectivity index is 0.00000593. The van der Waals surface area contributed by atoms with Crippen molar-refractivity contribution in [3.8, 4) is 84.3 Å². The summed E-state index contributed by atoms with van der Waals surface area (Å²) in [6.07, 6.45) is 8.61. The summed E-state index contributed by atoms with van der Waals surface area (Å²) in [5.74, 6) is 0. The van der Waals surface area contributed by atoms with Crippen molar-refractivity contribution >= 4 is 5.69 Å². The molecule has 0 bridgehead atoms. The number of rotatable bonds is 13. The van der Waals surface area contributed by atoms with Crippen molar-refractivity contribution < 1.29 is 20.1 Å². The van der Waals surface area contributed by atoms with E-state index >= 15 is 0 Å². The fourth-order valence-electron chi connectivity index (χ4n) is 8.59. The van der Waals surface area contributed by atoms with Crippen molar-refractivity contribution in [2.24, 2.45) is 0 Å². The smallest absolute Gasteiger partial charge is 0.307 e. The Kier molecular flexibility index (Phi) is 14.3. The maximum atomic E-state index is 9.39. The minimum absolute atomic E-state index is 0. The Labute approximate surface area is 417 Å². The molecule has 0 fully saturated rings. The number of nitrogens with zero attached hydrogens (tertiary/aromatic N) is 5. The molecule has 0 amide bonds. The van der Waals surface area contributed by atoms with E-state index in [1.165, 1.54) is 38.9 Å². The molecule has 0 N–H and O–H groups in total. The second-order valence-corrected chi connectivity index (χ2v) is 16.7. The molecular weight excluding hydrogens is 1020 g/mol. The van der Waals surface area contributed by atoms with Crippen LogP contribution in [0.15, 0.2) is 207 Å². The van der Waals surface area contributed by atoms with Crippen LogP contribution in [0, 0.1) is 36.1 Å². The molecule has 5 nitrogen and oxygen atoms in total. The Morgan fingerprint density at radius 3 is 1.49 bits per heavy atom. The minimum atomic E-state index is 0. The normalized spacial score (nSPS) is 10.7. The standard InChI is InChI=1S/C63H42N5.Ir/c1-65-58-33-36-68-63(42-58)54-21-17-45(18-22-54)12-14-47-37-46(13-11-44-15-19-53(20-16-44)61-40-48(43-64)31-34-66-61)38-57(39-47)60-10-6-5-9-59(60)52-27-29-55(30-28-52)62-41-56(32-35-67-62)51-25-23-50(24-26-51)49-7-3-2-4-8-49;/h2-10,15-19,21,23-29,31-42H,11-14H2;/q-3;+3. The van der Waals surface area contributed by atoms with Crippen LogP contribution in [-0.2, 0) is 45.8 Å². The molecule has 0 saturated heterocycles. The topological polar surface area (TPSA) is 66.8 Å². The molecule has 3 heterocycles. The fraction of sp³-hybridized carbons (Fsp3) is 0.0635. The van der Waals surface area contributed by atoms with Crippen molar-refractivity contribution in [3.63, 3.8) is 0 Å². The molecule has 328 valence electrons. The number of hydrogen-bond acceptors (Lipinski definition) is 4. The van der Waals surface area contributed by atoms with Gasteiger partial charge >= 0.3 is 20.1 Å². The molecule has 0 aliphatic rings. The van der Waals surface area contributed by atoms with E-state index in [-0.39, 0.29) is 20.1 Å². The zero-order valence-electron chi connectivity index (χ0n) is 37.5. The van der Waals surface area contributed by atoms with Crippen LogP contribution in [0.25, 0.3) is 83.1 Å². The van der Waals surface area contributed by atoms with Gasteiger partial charge in [-0.25, -0.2) is 4.85 Å². The Bertz CT molecular complexity index is 3320. The first-order valence-corrected chi connectivity index (χ1v) is 22.6. The van der Waals surface area contributed by atoms with Crippen molar-refractivity contribution in [1.82, 2.24) is 15.0 Å². The molecule has 0 aliphatic carbocycles. The van der Waals surface area contributed by atoms with Crippen LogP contribution in [0.3, 0.4) is 0 Å². The van der Waals surface area contributed by atoms with Gasteiger partial charge in [-0.2, -0.15) is 5.26 Å². The van der Waals surface area contributed by atoms with Crippen LogP contribution in [0.1, 0.15) is 27.8 Å². The fourth-order valence-corrected chi connectivity index (χ4v) is 8.59. The SMILES string of the molecule is [C-]#[N+]c1ccnc(-c2[c-]cc(CCc3cc(CCc4c[c-]c(-c5cc(C#N)ccn5)cc4)cc(-c4ccccc4-c4c[c-]c(-c5cc(-c6ccc(-c7ccccc7)cc6)ccn5)cc4)c3)cc2)c1.[Ir+3].